The molecule has 0 spiro atoms. The number of nitrogens with zero attached hydrogens (tertiary/aromatic N) is 1. The predicted octanol–water partition coefficient (Wildman–Crippen LogP) is 0.749. The second-order valence-electron chi connectivity index (χ2n) is 7.08. The molecule has 1 amide bonds. The van der Waals surface area contributed by atoms with Crippen molar-refractivity contribution in [2.45, 2.75) is 44.9 Å². The van der Waals surface area contributed by atoms with Crippen LogP contribution < -0.4 is 9.64 Å². The molecule has 2 heterocycles. The third kappa shape index (κ3) is 4.48. The van der Waals surface area contributed by atoms with E-state index in [0.29, 0.717) is 18.2 Å². The monoisotopic (exact) mass is 333 g/mol. The van der Waals surface area contributed by atoms with Crippen molar-refractivity contribution in [3.63, 3.8) is 0 Å². The van der Waals surface area contributed by atoms with Crippen LogP contribution in [0.3, 0.4) is 0 Å². The Morgan fingerprint density at radius 1 is 1.17 bits per heavy atom. The number of quaternary nitrogens is 1. The van der Waals surface area contributed by atoms with Gasteiger partial charge < -0.3 is 19.3 Å². The van der Waals surface area contributed by atoms with Gasteiger partial charge in [0.2, 0.25) is 0 Å². The van der Waals surface area contributed by atoms with E-state index in [1.807, 2.05) is 35.2 Å². The van der Waals surface area contributed by atoms with Gasteiger partial charge in [0.05, 0.1) is 6.04 Å². The lowest BCUT2D eigenvalue weighted by molar-refractivity contribution is -0.940. The van der Waals surface area contributed by atoms with Crippen LogP contribution in [0.4, 0.5) is 0 Å². The molecule has 0 aliphatic carbocycles. The minimum atomic E-state index is 0.0935. The van der Waals surface area contributed by atoms with Crippen molar-refractivity contribution in [2.75, 3.05) is 32.8 Å². The molecule has 1 aromatic rings. The van der Waals surface area contributed by atoms with E-state index >= 15 is 0 Å². The zero-order valence-corrected chi connectivity index (χ0v) is 14.7. The van der Waals surface area contributed by atoms with Gasteiger partial charge in [0.25, 0.3) is 5.91 Å². The highest BCUT2D eigenvalue weighted by Gasteiger charge is 2.34. The molecule has 0 bridgehead atoms. The SMILES string of the molecule is C[C@H]1C[NH+](C2CCN(C(=O)COc3ccccc3)CC2)C[C@H](C)O1. The van der Waals surface area contributed by atoms with Crippen LogP contribution in [0.5, 0.6) is 5.75 Å². The third-order valence-electron chi connectivity index (χ3n) is 5.09. The Morgan fingerprint density at radius 3 is 2.42 bits per heavy atom. The van der Waals surface area contributed by atoms with Crippen molar-refractivity contribution in [1.29, 1.82) is 0 Å². The first-order valence-electron chi connectivity index (χ1n) is 9.07. The smallest absolute Gasteiger partial charge is 0.260 e. The average molecular weight is 333 g/mol. The molecule has 5 nitrogen and oxygen atoms in total. The summed E-state index contributed by atoms with van der Waals surface area (Å²) in [5, 5.41) is 0. The minimum Gasteiger partial charge on any atom is -0.484 e. The Bertz CT molecular complexity index is 519. The Morgan fingerprint density at radius 2 is 1.79 bits per heavy atom. The van der Waals surface area contributed by atoms with Gasteiger partial charge in [0.15, 0.2) is 6.61 Å². The van der Waals surface area contributed by atoms with Gasteiger partial charge >= 0.3 is 0 Å². The zero-order valence-electron chi connectivity index (χ0n) is 14.7. The second kappa shape index (κ2) is 7.99. The van der Waals surface area contributed by atoms with Crippen LogP contribution in [-0.4, -0.2) is 61.8 Å². The highest BCUT2D eigenvalue weighted by atomic mass is 16.5. The highest BCUT2D eigenvalue weighted by molar-refractivity contribution is 5.77. The lowest BCUT2D eigenvalue weighted by atomic mass is 10.0. The minimum absolute atomic E-state index is 0.0935. The summed E-state index contributed by atoms with van der Waals surface area (Å²) in [6.07, 6.45) is 2.82. The molecule has 1 N–H and O–H groups in total. The summed E-state index contributed by atoms with van der Waals surface area (Å²) >= 11 is 0. The number of morpholine rings is 1. The number of likely N-dealkylation sites (tertiary alicyclic amines) is 1. The lowest BCUT2D eigenvalue weighted by Gasteiger charge is -2.40. The summed E-state index contributed by atoms with van der Waals surface area (Å²) in [7, 11) is 0. The Labute approximate surface area is 144 Å². The quantitative estimate of drug-likeness (QED) is 0.884. The topological polar surface area (TPSA) is 43.2 Å². The number of nitrogens with one attached hydrogen (secondary N) is 1. The Hall–Kier alpha value is -1.59. The number of ether oxygens (including phenoxy) is 2. The van der Waals surface area contributed by atoms with Crippen molar-refractivity contribution in [3.8, 4) is 5.75 Å². The molecule has 2 aliphatic heterocycles. The van der Waals surface area contributed by atoms with Crippen LogP contribution in [0.1, 0.15) is 26.7 Å². The van der Waals surface area contributed by atoms with Crippen LogP contribution in [0.2, 0.25) is 0 Å². The van der Waals surface area contributed by atoms with E-state index in [1.54, 1.807) is 4.90 Å². The summed E-state index contributed by atoms with van der Waals surface area (Å²) in [5.74, 6) is 0.845. The maximum atomic E-state index is 12.3. The van der Waals surface area contributed by atoms with E-state index in [2.05, 4.69) is 13.8 Å². The largest absolute Gasteiger partial charge is 0.484 e. The molecular formula is C19H29N2O3+. The standard InChI is InChI=1S/C19H28N2O3/c1-15-12-21(13-16(2)24-15)17-8-10-20(11-9-17)19(22)14-23-18-6-4-3-5-7-18/h3-7,15-17H,8-14H2,1-2H3/p+1/t15-,16-/m0/s1. The van der Waals surface area contributed by atoms with Gasteiger partial charge in [-0.05, 0) is 26.0 Å². The average Bonchev–Trinajstić information content (AvgIpc) is 2.60. The molecule has 0 unspecified atom stereocenters. The maximum Gasteiger partial charge on any atom is 0.260 e. The number of carbonyl (C=O) groups excluding carboxylic acids is 1. The molecule has 1 aromatic carbocycles. The number of para-hydroxylation sites is 1. The van der Waals surface area contributed by atoms with Crippen molar-refractivity contribution >= 4 is 5.91 Å². The van der Waals surface area contributed by atoms with Crippen molar-refractivity contribution in [2.24, 2.45) is 0 Å². The van der Waals surface area contributed by atoms with Gasteiger partial charge in [-0.3, -0.25) is 4.79 Å². The van der Waals surface area contributed by atoms with Gasteiger partial charge in [0, 0.05) is 25.9 Å². The van der Waals surface area contributed by atoms with Gasteiger partial charge in [-0.15, -0.1) is 0 Å². The van der Waals surface area contributed by atoms with Crippen LogP contribution in [0.25, 0.3) is 0 Å². The molecular weight excluding hydrogens is 304 g/mol. The molecule has 5 heteroatoms. The summed E-state index contributed by atoms with van der Waals surface area (Å²) in [6, 6.07) is 10.2. The predicted molar refractivity (Wildman–Crippen MR) is 92.2 cm³/mol. The van der Waals surface area contributed by atoms with E-state index in [0.717, 1.165) is 44.8 Å². The van der Waals surface area contributed by atoms with Crippen LogP contribution in [0.15, 0.2) is 30.3 Å². The zero-order chi connectivity index (χ0) is 16.9. The van der Waals surface area contributed by atoms with Crippen LogP contribution >= 0.6 is 0 Å². The first-order chi connectivity index (χ1) is 11.6. The van der Waals surface area contributed by atoms with Crippen molar-refractivity contribution < 1.29 is 19.2 Å². The molecule has 0 aromatic heterocycles. The number of hydrogen-bond acceptors (Lipinski definition) is 3. The van der Waals surface area contributed by atoms with E-state index in [1.165, 1.54) is 0 Å². The van der Waals surface area contributed by atoms with Crippen molar-refractivity contribution in [1.82, 2.24) is 4.90 Å². The molecule has 2 aliphatic rings. The first kappa shape index (κ1) is 17.2. The highest BCUT2D eigenvalue weighted by Crippen LogP contribution is 2.12. The molecule has 3 rings (SSSR count). The van der Waals surface area contributed by atoms with Gasteiger partial charge in [-0.2, -0.15) is 0 Å². The van der Waals surface area contributed by atoms with Gasteiger partial charge in [0.1, 0.15) is 31.0 Å². The van der Waals surface area contributed by atoms with Crippen LogP contribution in [-0.2, 0) is 9.53 Å². The normalized spacial score (nSPS) is 28.6. The molecule has 2 saturated heterocycles. The number of hydrogen-bond donors (Lipinski definition) is 1. The van der Waals surface area contributed by atoms with Crippen LogP contribution in [0, 0.1) is 0 Å². The Kier molecular flexibility index (Phi) is 5.74. The number of rotatable bonds is 4. The molecule has 24 heavy (non-hydrogen) atoms. The fourth-order valence-electron chi connectivity index (χ4n) is 3.94. The summed E-state index contributed by atoms with van der Waals surface area (Å²) in [5.41, 5.74) is 0. The molecule has 0 radical (unpaired) electrons. The Balaban J connectivity index is 1.43. The summed E-state index contributed by atoms with van der Waals surface area (Å²) in [4.78, 5) is 15.9. The fraction of sp³-hybridized carbons (Fsp3) is 0.632. The molecule has 0 saturated carbocycles. The second-order valence-corrected chi connectivity index (χ2v) is 7.08. The molecule has 132 valence electrons. The van der Waals surface area contributed by atoms with E-state index in [-0.39, 0.29) is 12.5 Å². The van der Waals surface area contributed by atoms with E-state index < -0.39 is 0 Å². The van der Waals surface area contributed by atoms with Crippen molar-refractivity contribution in [3.05, 3.63) is 30.3 Å². The molecule has 2 fully saturated rings. The number of carbonyl (C=O) groups is 1. The summed E-state index contributed by atoms with van der Waals surface area (Å²) < 4.78 is 11.4. The third-order valence-corrected chi connectivity index (χ3v) is 5.09. The van der Waals surface area contributed by atoms with E-state index in [4.69, 9.17) is 9.47 Å². The maximum absolute atomic E-state index is 12.3. The lowest BCUT2D eigenvalue weighted by Crippen LogP contribution is -3.19. The number of benzene rings is 1. The van der Waals surface area contributed by atoms with Gasteiger partial charge in [-0.25, -0.2) is 0 Å². The van der Waals surface area contributed by atoms with E-state index in [9.17, 15) is 4.79 Å². The first-order valence-corrected chi connectivity index (χ1v) is 9.07. The fourth-order valence-corrected chi connectivity index (χ4v) is 3.94. The number of piperidine rings is 1. The molecule has 2 atom stereocenters. The van der Waals surface area contributed by atoms with Gasteiger partial charge in [-0.1, -0.05) is 18.2 Å². The number of amides is 1. The summed E-state index contributed by atoms with van der Waals surface area (Å²) in [6.45, 7) is 8.31.